The molecule has 2 N–H and O–H groups in total. The number of carbonyl (C=O) groups is 1. The molecule has 41 heavy (non-hydrogen) atoms. The molecule has 216 valence electrons. The Morgan fingerprint density at radius 3 is 2.51 bits per heavy atom. The van der Waals surface area contributed by atoms with Gasteiger partial charge in [-0.15, -0.1) is 11.3 Å². The zero-order valence-electron chi connectivity index (χ0n) is 23.7. The molecule has 0 spiro atoms. The van der Waals surface area contributed by atoms with Crippen LogP contribution in [0.5, 0.6) is 0 Å². The maximum atomic E-state index is 13.0. The van der Waals surface area contributed by atoms with Crippen molar-refractivity contribution >= 4 is 27.5 Å². The van der Waals surface area contributed by atoms with E-state index in [4.69, 9.17) is 9.15 Å². The van der Waals surface area contributed by atoms with E-state index in [1.165, 1.54) is 28.0 Å². The van der Waals surface area contributed by atoms with Gasteiger partial charge in [-0.2, -0.15) is 0 Å². The highest BCUT2D eigenvalue weighted by Gasteiger charge is 2.43. The monoisotopic (exact) mass is 576 g/mol. The number of carboxylic acid groups (broad SMARTS) is 1. The molecular formula is C32H36N2O6S. The number of aromatic carboxylic acids is 1. The second kappa shape index (κ2) is 10.5. The smallest absolute Gasteiger partial charge is 0.419 e. The van der Waals surface area contributed by atoms with Crippen LogP contribution in [0.4, 0.5) is 0 Å². The van der Waals surface area contributed by atoms with E-state index in [2.05, 4.69) is 44.0 Å². The number of hydrogen-bond donors (Lipinski definition) is 2. The number of benzene rings is 2. The number of carboxylic acids is 1. The number of rotatable bonds is 9. The van der Waals surface area contributed by atoms with E-state index in [9.17, 15) is 19.8 Å². The number of fused-ring (bicyclic) bond motifs is 1. The molecule has 0 aliphatic heterocycles. The minimum absolute atomic E-state index is 0.184. The van der Waals surface area contributed by atoms with Crippen LogP contribution in [-0.2, 0) is 29.9 Å². The van der Waals surface area contributed by atoms with Crippen molar-refractivity contribution in [3.05, 3.63) is 85.7 Å². The molecule has 0 unspecified atom stereocenters. The first-order chi connectivity index (χ1) is 19.6. The van der Waals surface area contributed by atoms with Crippen LogP contribution in [0.25, 0.3) is 10.2 Å². The van der Waals surface area contributed by atoms with Crippen molar-refractivity contribution in [3.63, 3.8) is 0 Å². The Balaban J connectivity index is 1.16. The molecule has 2 aromatic carbocycles. The van der Waals surface area contributed by atoms with Gasteiger partial charge in [0.25, 0.3) is 0 Å². The molecule has 2 aliphatic rings. The van der Waals surface area contributed by atoms with E-state index in [1.807, 2.05) is 0 Å². The van der Waals surface area contributed by atoms with Crippen LogP contribution in [-0.4, -0.2) is 31.3 Å². The Morgan fingerprint density at radius 1 is 1.15 bits per heavy atom. The van der Waals surface area contributed by atoms with Gasteiger partial charge in [-0.25, -0.2) is 14.6 Å². The van der Waals surface area contributed by atoms with Crippen molar-refractivity contribution < 1.29 is 24.2 Å². The minimum atomic E-state index is -1.09. The third-order valence-corrected chi connectivity index (χ3v) is 10.2. The van der Waals surface area contributed by atoms with Gasteiger partial charge in [0.05, 0.1) is 33.7 Å². The zero-order chi connectivity index (χ0) is 28.9. The summed E-state index contributed by atoms with van der Waals surface area (Å²) in [7, 11) is 0. The minimum Gasteiger partial charge on any atom is -0.478 e. The molecule has 0 atom stereocenters. The molecule has 0 amide bonds. The third-order valence-electron chi connectivity index (χ3n) is 8.93. The van der Waals surface area contributed by atoms with Crippen LogP contribution in [0.15, 0.2) is 45.6 Å². The van der Waals surface area contributed by atoms with Gasteiger partial charge in [-0.3, -0.25) is 4.57 Å². The highest BCUT2D eigenvalue weighted by atomic mass is 32.1. The van der Waals surface area contributed by atoms with Crippen molar-refractivity contribution in [3.8, 4) is 0 Å². The lowest BCUT2D eigenvalue weighted by molar-refractivity contribution is -0.118. The lowest BCUT2D eigenvalue weighted by Gasteiger charge is -2.41. The molecule has 2 saturated carbocycles. The van der Waals surface area contributed by atoms with E-state index in [0.717, 1.165) is 35.4 Å². The fourth-order valence-electron chi connectivity index (χ4n) is 6.01. The van der Waals surface area contributed by atoms with Gasteiger partial charge in [0.2, 0.25) is 0 Å². The predicted molar refractivity (Wildman–Crippen MR) is 157 cm³/mol. The zero-order valence-corrected chi connectivity index (χ0v) is 24.6. The summed E-state index contributed by atoms with van der Waals surface area (Å²) < 4.78 is 14.9. The molecule has 6 rings (SSSR count). The van der Waals surface area contributed by atoms with E-state index < -0.39 is 17.2 Å². The van der Waals surface area contributed by atoms with E-state index in [1.54, 1.807) is 22.8 Å². The van der Waals surface area contributed by atoms with E-state index >= 15 is 0 Å². The summed E-state index contributed by atoms with van der Waals surface area (Å²) in [5, 5.41) is 21.5. The normalized spacial score (nSPS) is 22.8. The number of hydrogen-bond acceptors (Lipinski definition) is 7. The molecule has 2 heterocycles. The van der Waals surface area contributed by atoms with E-state index in [0.29, 0.717) is 49.4 Å². The van der Waals surface area contributed by atoms with Crippen LogP contribution in [0, 0.1) is 13.8 Å². The number of oxazole rings is 1. The average Bonchev–Trinajstić information content (AvgIpc) is 3.61. The number of aliphatic hydroxyl groups is 1. The Bertz CT molecular complexity index is 1650. The summed E-state index contributed by atoms with van der Waals surface area (Å²) >= 11 is 1.41. The van der Waals surface area contributed by atoms with Crippen molar-refractivity contribution in [2.45, 2.75) is 96.0 Å². The number of aryl methyl sites for hydroxylation is 2. The second-order valence-corrected chi connectivity index (χ2v) is 13.0. The van der Waals surface area contributed by atoms with Gasteiger partial charge in [0.1, 0.15) is 16.4 Å². The number of aromatic nitrogens is 2. The van der Waals surface area contributed by atoms with Crippen LogP contribution in [0.2, 0.25) is 0 Å². The number of nitrogens with zero attached hydrogens (tertiary/aromatic N) is 2. The highest BCUT2D eigenvalue weighted by Crippen LogP contribution is 2.46. The number of thiazole rings is 1. The van der Waals surface area contributed by atoms with Crippen molar-refractivity contribution in [1.29, 1.82) is 0 Å². The van der Waals surface area contributed by atoms with Crippen molar-refractivity contribution in [1.82, 2.24) is 9.55 Å². The van der Waals surface area contributed by atoms with Crippen molar-refractivity contribution in [2.24, 2.45) is 0 Å². The third kappa shape index (κ3) is 5.50. The molecule has 0 saturated heterocycles. The summed E-state index contributed by atoms with van der Waals surface area (Å²) in [5.41, 5.74) is 3.76. The molecule has 2 aromatic heterocycles. The Labute approximate surface area is 242 Å². The van der Waals surface area contributed by atoms with Crippen LogP contribution < -0.4 is 5.76 Å². The summed E-state index contributed by atoms with van der Waals surface area (Å²) in [4.78, 5) is 28.9. The van der Waals surface area contributed by atoms with Crippen molar-refractivity contribution in [2.75, 3.05) is 0 Å². The van der Waals surface area contributed by atoms with Gasteiger partial charge in [-0.1, -0.05) is 18.2 Å². The van der Waals surface area contributed by atoms with E-state index in [-0.39, 0.29) is 17.2 Å². The largest absolute Gasteiger partial charge is 0.478 e. The second-order valence-electron chi connectivity index (χ2n) is 12.0. The maximum absolute atomic E-state index is 13.0. The van der Waals surface area contributed by atoms with Gasteiger partial charge >= 0.3 is 11.7 Å². The summed E-state index contributed by atoms with van der Waals surface area (Å²) in [6.45, 7) is 7.11. The molecule has 0 bridgehead atoms. The Morgan fingerprint density at radius 2 is 1.85 bits per heavy atom. The first-order valence-corrected chi connectivity index (χ1v) is 15.2. The summed E-state index contributed by atoms with van der Waals surface area (Å²) in [5.74, 6) is -0.263. The van der Waals surface area contributed by atoms with Crippen LogP contribution in [0.3, 0.4) is 0 Å². The fraction of sp³-hybridized carbons (Fsp3) is 0.469. The lowest BCUT2D eigenvalue weighted by atomic mass is 9.77. The molecule has 8 nitrogen and oxygen atoms in total. The molecule has 2 aliphatic carbocycles. The molecule has 0 radical (unpaired) electrons. The fourth-order valence-corrected chi connectivity index (χ4v) is 7.10. The maximum Gasteiger partial charge on any atom is 0.419 e. The highest BCUT2D eigenvalue weighted by molar-refractivity contribution is 7.18. The standard InChI is InChI=1S/C32H36N2O6S/c1-19-5-4-6-20(2)23(19)11-16-34-25(27(21-7-8-21)40-30(34)37)18-39-31(3)12-14-32(38,15-13-31)29-33-24-17-22(28(35)36)9-10-26(24)41-29/h4-6,9-10,17,21,38H,7-8,11-16,18H2,1-3H3,(H,35,36). The SMILES string of the molecule is Cc1cccc(C)c1CCn1c(COC2(C)CCC(O)(c3nc4cc(C(=O)O)ccc4s3)CC2)c(C2CC2)oc1=O. The van der Waals surface area contributed by atoms with Gasteiger partial charge in [-0.05, 0) is 101 Å². The average molecular weight is 577 g/mol. The molecular weight excluding hydrogens is 540 g/mol. The first-order valence-electron chi connectivity index (χ1n) is 14.3. The Kier molecular flexibility index (Phi) is 7.16. The molecule has 4 aromatic rings. The predicted octanol–water partition coefficient (Wildman–Crippen LogP) is 6.22. The topological polar surface area (TPSA) is 115 Å². The van der Waals surface area contributed by atoms with Gasteiger partial charge in [0, 0.05) is 12.5 Å². The quantitative estimate of drug-likeness (QED) is 0.243. The first kappa shape index (κ1) is 27.9. The summed E-state index contributed by atoms with van der Waals surface area (Å²) in [6.07, 6.45) is 5.01. The lowest BCUT2D eigenvalue weighted by Crippen LogP contribution is -2.41. The van der Waals surface area contributed by atoms with Crippen LogP contribution in [0.1, 0.15) is 94.9 Å². The molecule has 9 heteroatoms. The summed E-state index contributed by atoms with van der Waals surface area (Å²) in [6, 6.07) is 11.1. The Hall–Kier alpha value is -3.27. The van der Waals surface area contributed by atoms with Gasteiger partial charge < -0.3 is 19.4 Å². The van der Waals surface area contributed by atoms with Gasteiger partial charge in [0.15, 0.2) is 0 Å². The number of ether oxygens (including phenoxy) is 1. The van der Waals surface area contributed by atoms with Crippen LogP contribution >= 0.6 is 11.3 Å². The molecule has 2 fully saturated rings.